The molecule has 4 N–H and O–H groups in total. The summed E-state index contributed by atoms with van der Waals surface area (Å²) in [5.41, 5.74) is -0.317. The number of aromatic nitrogens is 4. The van der Waals surface area contributed by atoms with E-state index >= 15 is 0 Å². The van der Waals surface area contributed by atoms with Gasteiger partial charge in [-0.2, -0.15) is 0 Å². The van der Waals surface area contributed by atoms with Gasteiger partial charge < -0.3 is 20.3 Å². The van der Waals surface area contributed by atoms with Crippen molar-refractivity contribution in [1.29, 1.82) is 0 Å². The average molecular weight is 376 g/mol. The van der Waals surface area contributed by atoms with Gasteiger partial charge in [0.25, 0.3) is 5.56 Å². The van der Waals surface area contributed by atoms with E-state index in [9.17, 15) is 19.0 Å². The molecule has 12 heteroatoms. The number of unbranched alkanes of at least 4 members (excludes halogenated alkanes) is 1. The number of hydrogen-bond acceptors (Lipinski definition) is 7. The van der Waals surface area contributed by atoms with Crippen molar-refractivity contribution in [2.45, 2.75) is 33.0 Å². The summed E-state index contributed by atoms with van der Waals surface area (Å²) in [5, 5.41) is 0. The third-order valence-corrected chi connectivity index (χ3v) is 3.90. The first-order valence-electron chi connectivity index (χ1n) is 7.47. The maximum absolute atomic E-state index is 12.6. The van der Waals surface area contributed by atoms with Crippen LogP contribution in [0.5, 0.6) is 0 Å². The molecular weight excluding hydrogens is 353 g/mol. The molecule has 0 aliphatic rings. The van der Waals surface area contributed by atoms with Crippen LogP contribution in [0.2, 0.25) is 0 Å². The highest BCUT2D eigenvalue weighted by Crippen LogP contribution is 2.10. The van der Waals surface area contributed by atoms with Gasteiger partial charge in [-0.05, 0) is 24.3 Å². The van der Waals surface area contributed by atoms with E-state index < -0.39 is 19.5 Å². The van der Waals surface area contributed by atoms with E-state index in [0.29, 0.717) is 30.6 Å². The van der Waals surface area contributed by atoms with Gasteiger partial charge in [-0.15, -0.1) is 4.52 Å². The number of fused-ring (bicyclic) bond motifs is 1. The molecule has 0 fully saturated rings. The highest BCUT2D eigenvalue weighted by atomic mass is 31.1. The molecule has 0 saturated heterocycles. The number of imidazole rings is 1. The third-order valence-electron chi connectivity index (χ3n) is 3.51. The maximum atomic E-state index is 12.6. The van der Waals surface area contributed by atoms with Crippen molar-refractivity contribution in [2.24, 2.45) is 7.05 Å². The average Bonchev–Trinajstić information content (AvgIpc) is 2.97. The van der Waals surface area contributed by atoms with E-state index in [1.807, 2.05) is 6.92 Å². The lowest BCUT2D eigenvalue weighted by Crippen LogP contribution is -2.39. The molecule has 0 bridgehead atoms. The number of rotatable bonds is 9. The molecule has 2 rings (SSSR count). The standard InChI is InChI=1S/C13H19N4O6P.H3N/c1-3-22-9-16-8-14-11-10(16)12(18)17(13(19)15(11)2)6-4-5-7-23-24(20)21;/h8H,3-7,9H2,1-2H3;1H3/p+1. The van der Waals surface area contributed by atoms with Crippen LogP contribution < -0.4 is 22.3 Å². The van der Waals surface area contributed by atoms with Crippen molar-refractivity contribution in [3.63, 3.8) is 0 Å². The number of ether oxygens (including phenoxy) is 1. The van der Waals surface area contributed by atoms with Crippen molar-refractivity contribution >= 4 is 19.4 Å². The van der Waals surface area contributed by atoms with Crippen LogP contribution in [0.3, 0.4) is 0 Å². The lowest BCUT2D eigenvalue weighted by molar-refractivity contribution is -0.185. The molecule has 2 aromatic heterocycles. The lowest BCUT2D eigenvalue weighted by atomic mass is 10.3. The van der Waals surface area contributed by atoms with Gasteiger partial charge in [-0.3, -0.25) is 13.9 Å². The molecule has 0 aliphatic heterocycles. The zero-order valence-corrected chi connectivity index (χ0v) is 15.4. The first-order valence-corrected chi connectivity index (χ1v) is 8.56. The molecule has 0 amide bonds. The Morgan fingerprint density at radius 1 is 1.32 bits per heavy atom. The van der Waals surface area contributed by atoms with Gasteiger partial charge in [0.05, 0.1) is 6.33 Å². The van der Waals surface area contributed by atoms with Crippen LogP contribution in [0, 0.1) is 0 Å². The van der Waals surface area contributed by atoms with E-state index in [-0.39, 0.29) is 26.0 Å². The van der Waals surface area contributed by atoms with Gasteiger partial charge in [0.2, 0.25) is 0 Å². The molecule has 11 nitrogen and oxygen atoms in total. The second-order valence-electron chi connectivity index (χ2n) is 5.07. The minimum absolute atomic E-state index is 0. The Balaban J connectivity index is 0.00000312. The predicted octanol–water partition coefficient (Wildman–Crippen LogP) is 0.0814. The Kier molecular flexibility index (Phi) is 8.07. The van der Waals surface area contributed by atoms with E-state index in [1.165, 1.54) is 10.9 Å². The quantitative estimate of drug-likeness (QED) is 0.479. The predicted molar refractivity (Wildman–Crippen MR) is 89.6 cm³/mol. The van der Waals surface area contributed by atoms with Crippen molar-refractivity contribution in [3.8, 4) is 0 Å². The summed E-state index contributed by atoms with van der Waals surface area (Å²) in [6, 6.07) is 0. The molecular formula is C13H23N5O6P+. The fraction of sp³-hybridized carbons (Fsp3) is 0.615. The highest BCUT2D eigenvalue weighted by Gasteiger charge is 2.16. The smallest absolute Gasteiger partial charge is 0.488 e. The van der Waals surface area contributed by atoms with Crippen molar-refractivity contribution in [2.75, 3.05) is 13.2 Å². The van der Waals surface area contributed by atoms with E-state index in [2.05, 4.69) is 9.51 Å². The lowest BCUT2D eigenvalue weighted by Gasteiger charge is -2.09. The number of aryl methyl sites for hydroxylation is 1. The fourth-order valence-corrected chi connectivity index (χ4v) is 2.60. The molecule has 25 heavy (non-hydrogen) atoms. The number of hydrogen-bond donors (Lipinski definition) is 1. The Bertz CT molecular complexity index is 842. The van der Waals surface area contributed by atoms with Crippen molar-refractivity contribution < 1.29 is 18.7 Å². The summed E-state index contributed by atoms with van der Waals surface area (Å²) < 4.78 is 24.0. The van der Waals surface area contributed by atoms with Crippen molar-refractivity contribution in [1.82, 2.24) is 24.8 Å². The second-order valence-corrected chi connectivity index (χ2v) is 5.78. The van der Waals surface area contributed by atoms with Crippen LogP contribution in [0.1, 0.15) is 19.8 Å². The molecule has 1 unspecified atom stereocenters. The first-order chi connectivity index (χ1) is 11.5. The largest absolute Gasteiger partial charge is 0.566 e. The minimum atomic E-state index is -2.88. The molecule has 0 aromatic carbocycles. The molecule has 0 aliphatic carbocycles. The molecule has 0 saturated carbocycles. The van der Waals surface area contributed by atoms with Crippen LogP contribution in [0.25, 0.3) is 11.2 Å². The Morgan fingerprint density at radius 3 is 2.68 bits per heavy atom. The van der Waals surface area contributed by atoms with Crippen LogP contribution >= 0.6 is 8.25 Å². The molecule has 2 heterocycles. The van der Waals surface area contributed by atoms with Crippen LogP contribution in [-0.4, -0.2) is 31.9 Å². The summed E-state index contributed by atoms with van der Waals surface area (Å²) >= 11 is 0. The second kappa shape index (κ2) is 9.54. The van der Waals surface area contributed by atoms with Gasteiger partial charge in [-0.25, -0.2) is 9.78 Å². The maximum Gasteiger partial charge on any atom is 0.488 e. The molecule has 2 aromatic rings. The molecule has 1 atom stereocenters. The fourth-order valence-electron chi connectivity index (χ4n) is 2.32. The monoisotopic (exact) mass is 376 g/mol. The van der Waals surface area contributed by atoms with Crippen LogP contribution in [0.15, 0.2) is 15.9 Å². The van der Waals surface area contributed by atoms with Crippen LogP contribution in [0.4, 0.5) is 0 Å². The zero-order chi connectivity index (χ0) is 17.7. The Labute approximate surface area is 144 Å². The van der Waals surface area contributed by atoms with E-state index in [4.69, 9.17) is 4.74 Å². The first kappa shape index (κ1) is 21.1. The summed E-state index contributed by atoms with van der Waals surface area (Å²) in [6.07, 6.45) is 2.31. The summed E-state index contributed by atoms with van der Waals surface area (Å²) in [4.78, 5) is 39.4. The zero-order valence-electron chi connectivity index (χ0n) is 14.5. The van der Waals surface area contributed by atoms with Crippen molar-refractivity contribution in [3.05, 3.63) is 27.2 Å². The van der Waals surface area contributed by atoms with Gasteiger partial charge in [0.15, 0.2) is 11.2 Å². The normalized spacial score (nSPS) is 11.6. The van der Waals surface area contributed by atoms with E-state index in [0.717, 1.165) is 4.57 Å². The number of nitrogens with zero attached hydrogens (tertiary/aromatic N) is 4. The summed E-state index contributed by atoms with van der Waals surface area (Å²) in [7, 11) is -1.33. The molecule has 140 valence electrons. The molecule has 0 spiro atoms. The summed E-state index contributed by atoms with van der Waals surface area (Å²) in [6.45, 7) is 2.69. The third kappa shape index (κ3) is 4.80. The molecule has 0 radical (unpaired) electrons. The topological polar surface area (TPSA) is 157 Å². The van der Waals surface area contributed by atoms with Crippen LogP contribution in [-0.2, 0) is 34.1 Å². The Morgan fingerprint density at radius 2 is 2.04 bits per heavy atom. The Hall–Kier alpha value is -1.91. The number of quaternary nitrogens is 1. The summed E-state index contributed by atoms with van der Waals surface area (Å²) in [5.74, 6) is 0. The van der Waals surface area contributed by atoms with Gasteiger partial charge in [0.1, 0.15) is 13.3 Å². The SMILES string of the molecule is CCOCn1cnc2c1c(=O)n(CCCCO[P+](=O)[O-])c(=O)n2C.[NH4+]. The van der Waals surface area contributed by atoms with Gasteiger partial charge in [0, 0.05) is 20.2 Å². The van der Waals surface area contributed by atoms with E-state index in [1.54, 1.807) is 11.6 Å². The van der Waals surface area contributed by atoms with Gasteiger partial charge in [-0.1, -0.05) is 0 Å². The van der Waals surface area contributed by atoms with Gasteiger partial charge >= 0.3 is 13.9 Å². The highest BCUT2D eigenvalue weighted by molar-refractivity contribution is 7.30. The minimum Gasteiger partial charge on any atom is -0.566 e.